The first kappa shape index (κ1) is 18.7. The highest BCUT2D eigenvalue weighted by Crippen LogP contribution is 2.17. The van der Waals surface area contributed by atoms with Crippen LogP contribution in [0.2, 0.25) is 0 Å². The second-order valence-electron chi connectivity index (χ2n) is 5.93. The molecule has 0 fully saturated rings. The third kappa shape index (κ3) is 5.18. The minimum Gasteiger partial charge on any atom is -0.492 e. The lowest BCUT2D eigenvalue weighted by Crippen LogP contribution is -2.29. The van der Waals surface area contributed by atoms with Crippen molar-refractivity contribution in [3.05, 3.63) is 82.0 Å². The topological polar surface area (TPSA) is 67.4 Å². The van der Waals surface area contributed by atoms with E-state index < -0.39 is 0 Å². The first-order valence-electron chi connectivity index (χ1n) is 8.54. The number of carbonyl (C=O) groups excluding carboxylic acids is 2. The molecule has 0 bridgehead atoms. The lowest BCUT2D eigenvalue weighted by Gasteiger charge is -2.12. The van der Waals surface area contributed by atoms with Crippen LogP contribution in [0, 0.1) is 6.92 Å². The van der Waals surface area contributed by atoms with Crippen LogP contribution in [-0.4, -0.2) is 25.0 Å². The van der Waals surface area contributed by atoms with Gasteiger partial charge in [-0.2, -0.15) is 11.3 Å². The average Bonchev–Trinajstić information content (AvgIpc) is 3.20. The molecule has 0 aliphatic heterocycles. The Kier molecular flexibility index (Phi) is 6.22. The maximum atomic E-state index is 12.5. The molecular formula is C21H20N2O3S. The van der Waals surface area contributed by atoms with Crippen LogP contribution in [0.1, 0.15) is 26.3 Å². The minimum absolute atomic E-state index is 0.237. The number of rotatable bonds is 7. The zero-order valence-electron chi connectivity index (χ0n) is 14.9. The molecular weight excluding hydrogens is 360 g/mol. The van der Waals surface area contributed by atoms with Gasteiger partial charge in [-0.15, -0.1) is 0 Å². The Balaban J connectivity index is 1.56. The molecule has 2 N–H and O–H groups in total. The van der Waals surface area contributed by atoms with Gasteiger partial charge in [-0.05, 0) is 48.2 Å². The van der Waals surface area contributed by atoms with Gasteiger partial charge in [0.2, 0.25) is 0 Å². The quantitative estimate of drug-likeness (QED) is 0.606. The van der Waals surface area contributed by atoms with E-state index in [0.29, 0.717) is 30.0 Å². The van der Waals surface area contributed by atoms with E-state index in [-0.39, 0.29) is 11.8 Å². The predicted octanol–water partition coefficient (Wildman–Crippen LogP) is 4.12. The van der Waals surface area contributed by atoms with Crippen LogP contribution in [-0.2, 0) is 0 Å². The Morgan fingerprint density at radius 1 is 1.04 bits per heavy atom. The lowest BCUT2D eigenvalue weighted by molar-refractivity contribution is 0.0948. The van der Waals surface area contributed by atoms with Crippen LogP contribution >= 0.6 is 11.3 Å². The summed E-state index contributed by atoms with van der Waals surface area (Å²) < 4.78 is 5.63. The van der Waals surface area contributed by atoms with Crippen LogP contribution < -0.4 is 15.4 Å². The molecule has 0 atom stereocenters. The summed E-state index contributed by atoms with van der Waals surface area (Å²) >= 11 is 1.45. The molecule has 27 heavy (non-hydrogen) atoms. The molecule has 0 aliphatic carbocycles. The molecule has 0 spiro atoms. The number of ether oxygens (including phenoxy) is 1. The third-order valence-electron chi connectivity index (χ3n) is 3.85. The zero-order chi connectivity index (χ0) is 19.1. The Morgan fingerprint density at radius 2 is 1.89 bits per heavy atom. The number of carbonyl (C=O) groups is 2. The summed E-state index contributed by atoms with van der Waals surface area (Å²) in [7, 11) is 0. The second kappa shape index (κ2) is 9.00. The van der Waals surface area contributed by atoms with Gasteiger partial charge in [0.15, 0.2) is 0 Å². The fourth-order valence-corrected chi connectivity index (χ4v) is 3.15. The molecule has 1 aromatic heterocycles. The minimum atomic E-state index is -0.260. The van der Waals surface area contributed by atoms with Crippen molar-refractivity contribution >= 4 is 28.8 Å². The summed E-state index contributed by atoms with van der Waals surface area (Å²) in [4.78, 5) is 24.7. The summed E-state index contributed by atoms with van der Waals surface area (Å²) in [5, 5.41) is 9.21. The van der Waals surface area contributed by atoms with Crippen molar-refractivity contribution < 1.29 is 14.3 Å². The number of hydrogen-bond donors (Lipinski definition) is 2. The number of hydrogen-bond acceptors (Lipinski definition) is 4. The Hall–Kier alpha value is -3.12. The standard InChI is InChI=1S/C21H20N2O3S/c1-15-5-4-6-17(13-15)26-11-10-22-21(25)18-7-2-3-8-19(18)23-20(24)16-9-12-27-14-16/h2-9,12-14H,10-11H2,1H3,(H,22,25)(H,23,24). The number of thiophene rings is 1. The van der Waals surface area contributed by atoms with Gasteiger partial charge in [0.25, 0.3) is 11.8 Å². The number of nitrogens with one attached hydrogen (secondary N) is 2. The molecule has 5 nitrogen and oxygen atoms in total. The molecule has 3 rings (SSSR count). The normalized spacial score (nSPS) is 10.3. The van der Waals surface area contributed by atoms with E-state index >= 15 is 0 Å². The van der Waals surface area contributed by atoms with Crippen LogP contribution in [0.4, 0.5) is 5.69 Å². The summed E-state index contributed by atoms with van der Waals surface area (Å²) in [5.74, 6) is 0.274. The van der Waals surface area contributed by atoms with Gasteiger partial charge >= 0.3 is 0 Å². The molecule has 3 aromatic rings. The molecule has 2 aromatic carbocycles. The fraction of sp³-hybridized carbons (Fsp3) is 0.143. The molecule has 0 unspecified atom stereocenters. The molecule has 0 radical (unpaired) electrons. The first-order chi connectivity index (χ1) is 13.1. The van der Waals surface area contributed by atoms with Crippen molar-refractivity contribution in [2.24, 2.45) is 0 Å². The van der Waals surface area contributed by atoms with E-state index in [1.54, 1.807) is 35.7 Å². The summed E-state index contributed by atoms with van der Waals surface area (Å²) in [5.41, 5.74) is 2.58. The molecule has 0 saturated carbocycles. The lowest BCUT2D eigenvalue weighted by atomic mass is 10.1. The van der Waals surface area contributed by atoms with Gasteiger partial charge in [-0.3, -0.25) is 9.59 Å². The summed E-state index contributed by atoms with van der Waals surface area (Å²) in [6.07, 6.45) is 0. The fourth-order valence-electron chi connectivity index (χ4n) is 2.51. The molecule has 0 saturated heterocycles. The summed E-state index contributed by atoms with van der Waals surface area (Å²) in [6.45, 7) is 2.72. The van der Waals surface area contributed by atoms with Crippen molar-refractivity contribution in [3.63, 3.8) is 0 Å². The van der Waals surface area contributed by atoms with Gasteiger partial charge in [-0.25, -0.2) is 0 Å². The predicted molar refractivity (Wildman–Crippen MR) is 108 cm³/mol. The van der Waals surface area contributed by atoms with Crippen molar-refractivity contribution in [2.75, 3.05) is 18.5 Å². The average molecular weight is 380 g/mol. The second-order valence-corrected chi connectivity index (χ2v) is 6.71. The molecule has 2 amide bonds. The molecule has 1 heterocycles. The van der Waals surface area contributed by atoms with Gasteiger partial charge < -0.3 is 15.4 Å². The van der Waals surface area contributed by atoms with Crippen molar-refractivity contribution in [1.29, 1.82) is 0 Å². The highest BCUT2D eigenvalue weighted by molar-refractivity contribution is 7.08. The zero-order valence-corrected chi connectivity index (χ0v) is 15.7. The molecule has 138 valence electrons. The smallest absolute Gasteiger partial charge is 0.256 e. The van der Waals surface area contributed by atoms with Gasteiger partial charge in [0, 0.05) is 5.38 Å². The first-order valence-corrected chi connectivity index (χ1v) is 9.48. The van der Waals surface area contributed by atoms with Crippen molar-refractivity contribution in [2.45, 2.75) is 6.92 Å². The highest BCUT2D eigenvalue weighted by Gasteiger charge is 2.14. The number of aryl methyl sites for hydroxylation is 1. The van der Waals surface area contributed by atoms with E-state index in [2.05, 4.69) is 10.6 Å². The largest absolute Gasteiger partial charge is 0.492 e. The number of anilines is 1. The number of benzene rings is 2. The van der Waals surface area contributed by atoms with Crippen LogP contribution in [0.25, 0.3) is 0 Å². The monoisotopic (exact) mass is 380 g/mol. The van der Waals surface area contributed by atoms with Gasteiger partial charge in [0.05, 0.1) is 23.4 Å². The maximum absolute atomic E-state index is 12.5. The van der Waals surface area contributed by atoms with Crippen LogP contribution in [0.3, 0.4) is 0 Å². The third-order valence-corrected chi connectivity index (χ3v) is 4.53. The van der Waals surface area contributed by atoms with Gasteiger partial charge in [0.1, 0.15) is 12.4 Å². The van der Waals surface area contributed by atoms with Crippen LogP contribution in [0.5, 0.6) is 5.75 Å². The van der Waals surface area contributed by atoms with Crippen molar-refractivity contribution in [3.8, 4) is 5.75 Å². The Morgan fingerprint density at radius 3 is 2.67 bits per heavy atom. The molecule has 0 aliphatic rings. The van der Waals surface area contributed by atoms with Gasteiger partial charge in [-0.1, -0.05) is 24.3 Å². The van der Waals surface area contributed by atoms with E-state index in [0.717, 1.165) is 11.3 Å². The SMILES string of the molecule is Cc1cccc(OCCNC(=O)c2ccccc2NC(=O)c2ccsc2)c1. The van der Waals surface area contributed by atoms with E-state index in [4.69, 9.17) is 4.74 Å². The number of amides is 2. The maximum Gasteiger partial charge on any atom is 0.256 e. The summed E-state index contributed by atoms with van der Waals surface area (Å²) in [6, 6.07) is 16.4. The highest BCUT2D eigenvalue weighted by atomic mass is 32.1. The van der Waals surface area contributed by atoms with Crippen LogP contribution in [0.15, 0.2) is 65.4 Å². The number of para-hydroxylation sites is 1. The van der Waals surface area contributed by atoms with E-state index in [1.165, 1.54) is 11.3 Å². The molecule has 6 heteroatoms. The van der Waals surface area contributed by atoms with E-state index in [9.17, 15) is 9.59 Å². The van der Waals surface area contributed by atoms with E-state index in [1.807, 2.05) is 36.6 Å². The van der Waals surface area contributed by atoms with Crippen molar-refractivity contribution in [1.82, 2.24) is 5.32 Å². The Labute approximate surface area is 162 Å². The Bertz CT molecular complexity index is 923.